The quantitative estimate of drug-likeness (QED) is 0.197. The Kier molecular flexibility index (Phi) is 8.74. The van der Waals surface area contributed by atoms with Crippen LogP contribution in [0, 0.1) is 5.82 Å². The lowest BCUT2D eigenvalue weighted by Gasteiger charge is -2.26. The van der Waals surface area contributed by atoms with Gasteiger partial charge in [-0.1, -0.05) is 41.9 Å². The number of halogens is 2. The molecule has 8 nitrogen and oxygen atoms in total. The van der Waals surface area contributed by atoms with Gasteiger partial charge < -0.3 is 10.5 Å². The molecule has 0 radical (unpaired) electrons. The summed E-state index contributed by atoms with van der Waals surface area (Å²) in [4.78, 5) is 21.7. The predicted octanol–water partition coefficient (Wildman–Crippen LogP) is 6.65. The van der Waals surface area contributed by atoms with Crippen LogP contribution in [-0.2, 0) is 21.3 Å². The highest BCUT2D eigenvalue weighted by atomic mass is 35.5. The van der Waals surface area contributed by atoms with Crippen LogP contribution >= 0.6 is 11.6 Å². The van der Waals surface area contributed by atoms with Crippen LogP contribution in [0.5, 0.6) is 0 Å². The summed E-state index contributed by atoms with van der Waals surface area (Å²) in [6.07, 6.45) is 0.368. The Balaban J connectivity index is 1.74. The maximum absolute atomic E-state index is 13.6. The van der Waals surface area contributed by atoms with Crippen LogP contribution in [0.15, 0.2) is 101 Å². The van der Waals surface area contributed by atoms with Gasteiger partial charge in [0.05, 0.1) is 17.1 Å². The van der Waals surface area contributed by atoms with Gasteiger partial charge in [0.2, 0.25) is 5.96 Å². The maximum atomic E-state index is 13.6. The molecule has 0 aliphatic carbocycles. The third-order valence-corrected chi connectivity index (χ3v) is 7.63. The summed E-state index contributed by atoms with van der Waals surface area (Å²) in [6, 6.07) is 22.3. The molecule has 0 aliphatic rings. The van der Waals surface area contributed by atoms with Crippen molar-refractivity contribution in [2.45, 2.75) is 37.8 Å². The predicted molar refractivity (Wildman–Crippen MR) is 157 cm³/mol. The molecule has 1 amide bonds. The van der Waals surface area contributed by atoms with E-state index in [2.05, 4.69) is 9.98 Å². The van der Waals surface area contributed by atoms with Crippen molar-refractivity contribution in [3.63, 3.8) is 0 Å². The molecule has 0 bridgehead atoms. The first-order valence-corrected chi connectivity index (χ1v) is 14.3. The summed E-state index contributed by atoms with van der Waals surface area (Å²) < 4.78 is 46.1. The minimum Gasteiger partial charge on any atom is -0.443 e. The second-order valence-corrected chi connectivity index (χ2v) is 12.2. The van der Waals surface area contributed by atoms with Gasteiger partial charge in [-0.25, -0.2) is 22.6 Å². The van der Waals surface area contributed by atoms with Gasteiger partial charge in [0, 0.05) is 22.3 Å². The highest BCUT2D eigenvalue weighted by Crippen LogP contribution is 2.32. The van der Waals surface area contributed by atoms with Gasteiger partial charge in [-0.2, -0.15) is 0 Å². The average molecular weight is 595 g/mol. The van der Waals surface area contributed by atoms with Crippen LogP contribution in [0.25, 0.3) is 22.4 Å². The first kappa shape index (κ1) is 29.7. The Labute approximate surface area is 243 Å². The molecule has 4 rings (SSSR count). The number of aromatic nitrogens is 1. The SMILES string of the molecule is CC(C)(C)OC(=O)N(C(N)=NCc1cnc(-c2ccc(F)cc2)c(-c2ccc(Cl)cc2)c1)S(=O)(=O)c1ccccc1. The minimum atomic E-state index is -4.43. The number of guanidine groups is 1. The van der Waals surface area contributed by atoms with Crippen molar-refractivity contribution in [2.24, 2.45) is 10.7 Å². The smallest absolute Gasteiger partial charge is 0.431 e. The Morgan fingerprint density at radius 2 is 1.61 bits per heavy atom. The van der Waals surface area contributed by atoms with E-state index in [4.69, 9.17) is 22.1 Å². The van der Waals surface area contributed by atoms with E-state index in [1.54, 1.807) is 57.3 Å². The Morgan fingerprint density at radius 1 is 1.00 bits per heavy atom. The van der Waals surface area contributed by atoms with Gasteiger partial charge in [0.25, 0.3) is 10.0 Å². The molecule has 0 spiro atoms. The molecule has 41 heavy (non-hydrogen) atoms. The first-order chi connectivity index (χ1) is 19.3. The van der Waals surface area contributed by atoms with E-state index < -0.39 is 27.7 Å². The van der Waals surface area contributed by atoms with Crippen molar-refractivity contribution in [1.29, 1.82) is 0 Å². The van der Waals surface area contributed by atoms with Crippen molar-refractivity contribution < 1.29 is 22.3 Å². The van der Waals surface area contributed by atoms with Gasteiger partial charge in [-0.3, -0.25) is 4.98 Å². The molecular weight excluding hydrogens is 567 g/mol. The van der Waals surface area contributed by atoms with E-state index in [9.17, 15) is 17.6 Å². The number of sulfonamides is 1. The lowest BCUT2D eigenvalue weighted by atomic mass is 9.98. The number of hydrogen-bond donors (Lipinski definition) is 1. The summed E-state index contributed by atoms with van der Waals surface area (Å²) in [6.45, 7) is 4.72. The van der Waals surface area contributed by atoms with Crippen LogP contribution in [0.3, 0.4) is 0 Å². The molecule has 0 saturated carbocycles. The van der Waals surface area contributed by atoms with Crippen LogP contribution < -0.4 is 5.73 Å². The molecule has 1 aromatic heterocycles. The molecule has 0 fully saturated rings. The average Bonchev–Trinajstić information content (AvgIpc) is 2.92. The van der Waals surface area contributed by atoms with Crippen molar-refractivity contribution in [3.05, 3.63) is 108 Å². The molecule has 212 valence electrons. The van der Waals surface area contributed by atoms with E-state index in [0.29, 0.717) is 31.7 Å². The minimum absolute atomic E-state index is 0.104. The number of rotatable bonds is 6. The molecule has 2 N–H and O–H groups in total. The monoisotopic (exact) mass is 594 g/mol. The second kappa shape index (κ2) is 12.1. The standard InChI is InChI=1S/C30H28ClFN4O4S/c1-30(2,3)40-29(37)36(41(38,39)25-7-5-4-6-8-25)28(33)35-19-20-17-26(21-9-13-23(31)14-10-21)27(34-18-20)22-11-15-24(32)16-12-22/h4-18H,19H2,1-3H3,(H2,33,35). The zero-order valence-electron chi connectivity index (χ0n) is 22.6. The number of ether oxygens (including phenoxy) is 1. The zero-order valence-corrected chi connectivity index (χ0v) is 24.2. The van der Waals surface area contributed by atoms with Crippen molar-refractivity contribution in [3.8, 4) is 22.4 Å². The molecule has 11 heteroatoms. The zero-order chi connectivity index (χ0) is 29.8. The van der Waals surface area contributed by atoms with Crippen LogP contribution in [0.2, 0.25) is 5.02 Å². The third-order valence-electron chi connectivity index (χ3n) is 5.69. The fraction of sp³-hybridized carbons (Fsp3) is 0.167. The largest absolute Gasteiger partial charge is 0.443 e. The fourth-order valence-corrected chi connectivity index (χ4v) is 5.21. The number of aliphatic imine (C=N–C) groups is 1. The van der Waals surface area contributed by atoms with Crippen LogP contribution in [0.1, 0.15) is 26.3 Å². The lowest BCUT2D eigenvalue weighted by Crippen LogP contribution is -2.48. The highest BCUT2D eigenvalue weighted by molar-refractivity contribution is 7.90. The molecule has 4 aromatic rings. The van der Waals surface area contributed by atoms with Gasteiger partial charge in [-0.05, 0) is 86.5 Å². The normalized spacial score (nSPS) is 12.2. The van der Waals surface area contributed by atoms with Crippen LogP contribution in [0.4, 0.5) is 9.18 Å². The number of nitrogens with zero attached hydrogens (tertiary/aromatic N) is 3. The number of carbonyl (C=O) groups excluding carboxylic acids is 1. The summed E-state index contributed by atoms with van der Waals surface area (Å²) in [5.74, 6) is -0.943. The summed E-state index contributed by atoms with van der Waals surface area (Å²) >= 11 is 6.08. The van der Waals surface area contributed by atoms with Crippen molar-refractivity contribution >= 4 is 33.7 Å². The molecule has 3 aromatic carbocycles. The van der Waals surface area contributed by atoms with Gasteiger partial charge in [-0.15, -0.1) is 4.31 Å². The Hall–Kier alpha value is -4.28. The number of carbonyl (C=O) groups is 1. The van der Waals surface area contributed by atoms with E-state index in [1.165, 1.54) is 36.4 Å². The van der Waals surface area contributed by atoms with Crippen molar-refractivity contribution in [2.75, 3.05) is 0 Å². The van der Waals surface area contributed by atoms with Gasteiger partial charge in [0.15, 0.2) is 0 Å². The number of benzene rings is 3. The topological polar surface area (TPSA) is 115 Å². The maximum Gasteiger partial charge on any atom is 0.431 e. The summed E-state index contributed by atoms with van der Waals surface area (Å²) in [5.41, 5.74) is 8.50. The molecule has 1 heterocycles. The van der Waals surface area contributed by atoms with Gasteiger partial charge in [0.1, 0.15) is 11.4 Å². The van der Waals surface area contributed by atoms with E-state index in [1.807, 2.05) is 18.2 Å². The third kappa shape index (κ3) is 7.27. The molecule has 0 aliphatic heterocycles. The van der Waals surface area contributed by atoms with Gasteiger partial charge >= 0.3 is 6.09 Å². The Bertz CT molecular complexity index is 1670. The molecule has 0 saturated heterocycles. The first-order valence-electron chi connectivity index (χ1n) is 12.5. The van der Waals surface area contributed by atoms with E-state index >= 15 is 0 Å². The number of pyridine rings is 1. The Morgan fingerprint density at radius 3 is 2.22 bits per heavy atom. The fourth-order valence-electron chi connectivity index (χ4n) is 3.83. The summed E-state index contributed by atoms with van der Waals surface area (Å²) in [5, 5.41) is 0.556. The molecule has 0 atom stereocenters. The second-order valence-electron chi connectivity index (χ2n) is 9.99. The lowest BCUT2D eigenvalue weighted by molar-refractivity contribution is 0.0463. The number of nitrogens with two attached hydrogens (primary N) is 1. The van der Waals surface area contributed by atoms with Crippen molar-refractivity contribution in [1.82, 2.24) is 9.29 Å². The van der Waals surface area contributed by atoms with Crippen LogP contribution in [-0.4, -0.2) is 35.4 Å². The van der Waals surface area contributed by atoms with E-state index in [-0.39, 0.29) is 17.3 Å². The number of amides is 1. The van der Waals surface area contributed by atoms with E-state index in [0.717, 1.165) is 5.56 Å². The molecule has 0 unspecified atom stereocenters. The molecular formula is C30H28ClFN4O4S. The summed E-state index contributed by atoms with van der Waals surface area (Å²) in [7, 11) is -4.43. The highest BCUT2D eigenvalue weighted by Gasteiger charge is 2.36. The number of hydrogen-bond acceptors (Lipinski definition) is 6.